The summed E-state index contributed by atoms with van der Waals surface area (Å²) in [4.78, 5) is 14.6. The molecule has 2 aromatic heterocycles. The van der Waals surface area contributed by atoms with Gasteiger partial charge in [0.25, 0.3) is 0 Å². The van der Waals surface area contributed by atoms with Gasteiger partial charge in [-0.3, -0.25) is 4.79 Å². The largest absolute Gasteiger partial charge is 0.457 e. The van der Waals surface area contributed by atoms with Gasteiger partial charge in [0.15, 0.2) is 11.5 Å². The van der Waals surface area contributed by atoms with Crippen LogP contribution in [-0.2, 0) is 16.0 Å². The number of halogens is 4. The quantitative estimate of drug-likeness (QED) is 0.669. The summed E-state index contributed by atoms with van der Waals surface area (Å²) in [6.07, 6.45) is 4.46. The molecule has 0 bridgehead atoms. The minimum Gasteiger partial charge on any atom is -0.457 e. The molecular formula is C19H17ClF3N5O2. The zero-order valence-corrected chi connectivity index (χ0v) is 16.4. The van der Waals surface area contributed by atoms with Gasteiger partial charge in [0, 0.05) is 19.0 Å². The van der Waals surface area contributed by atoms with Crippen LogP contribution < -0.4 is 4.90 Å². The second kappa shape index (κ2) is 6.69. The SMILES string of the molecule is O=C1OC2C=CC=CC2C12CCN(c1cnn3c(CC(F)(F)F)nnc3c1Cl)CC2. The standard InChI is InChI=1S/C19H17ClF3N5O2/c20-15-12(10-24-28-14(9-19(21,22)23)25-26-16(15)28)27-7-5-18(6-8-27)11-3-1-2-4-13(11)30-17(18)29/h1-4,10-11,13H,5-9H2. The van der Waals surface area contributed by atoms with Crippen LogP contribution in [0.25, 0.3) is 5.65 Å². The van der Waals surface area contributed by atoms with Crippen molar-refractivity contribution in [3.63, 3.8) is 0 Å². The molecule has 0 N–H and O–H groups in total. The van der Waals surface area contributed by atoms with Crippen molar-refractivity contribution in [1.82, 2.24) is 19.8 Å². The van der Waals surface area contributed by atoms with Crippen molar-refractivity contribution in [2.24, 2.45) is 11.3 Å². The fourth-order valence-electron chi connectivity index (χ4n) is 4.62. The van der Waals surface area contributed by atoms with E-state index in [9.17, 15) is 18.0 Å². The van der Waals surface area contributed by atoms with Crippen molar-refractivity contribution < 1.29 is 22.7 Å². The average molecular weight is 440 g/mol. The van der Waals surface area contributed by atoms with Gasteiger partial charge in [0.1, 0.15) is 17.5 Å². The lowest BCUT2D eigenvalue weighted by atomic mass is 9.67. The van der Waals surface area contributed by atoms with Crippen LogP contribution >= 0.6 is 11.6 Å². The van der Waals surface area contributed by atoms with E-state index in [0.717, 1.165) is 4.52 Å². The topological polar surface area (TPSA) is 72.6 Å². The highest BCUT2D eigenvalue weighted by molar-refractivity contribution is 6.36. The van der Waals surface area contributed by atoms with Crippen molar-refractivity contribution in [2.75, 3.05) is 18.0 Å². The Morgan fingerprint density at radius 2 is 1.93 bits per heavy atom. The third-order valence-corrected chi connectivity index (χ3v) is 6.51. The number of allylic oxidation sites excluding steroid dienone is 2. The highest BCUT2D eigenvalue weighted by atomic mass is 35.5. The Morgan fingerprint density at radius 3 is 2.67 bits per heavy atom. The van der Waals surface area contributed by atoms with Crippen LogP contribution in [0.4, 0.5) is 18.9 Å². The molecule has 0 aromatic carbocycles. The van der Waals surface area contributed by atoms with E-state index in [1.165, 1.54) is 6.20 Å². The van der Waals surface area contributed by atoms with Crippen LogP contribution in [0.2, 0.25) is 5.02 Å². The summed E-state index contributed by atoms with van der Waals surface area (Å²) in [7, 11) is 0. The van der Waals surface area contributed by atoms with Crippen LogP contribution in [0.5, 0.6) is 0 Å². The minimum absolute atomic E-state index is 0.00894. The fourth-order valence-corrected chi connectivity index (χ4v) is 4.91. The maximum absolute atomic E-state index is 12.7. The highest BCUT2D eigenvalue weighted by Gasteiger charge is 2.56. The number of carbonyl (C=O) groups excluding carboxylic acids is 1. The number of nitrogens with zero attached hydrogens (tertiary/aromatic N) is 5. The van der Waals surface area contributed by atoms with Crippen LogP contribution in [0, 0.1) is 11.3 Å². The van der Waals surface area contributed by atoms with Gasteiger partial charge in [-0.25, -0.2) is 0 Å². The molecule has 158 valence electrons. The molecule has 30 heavy (non-hydrogen) atoms. The summed E-state index contributed by atoms with van der Waals surface area (Å²) >= 11 is 6.45. The second-order valence-electron chi connectivity index (χ2n) is 7.80. The van der Waals surface area contributed by atoms with E-state index in [-0.39, 0.29) is 34.5 Å². The number of esters is 1. The molecule has 0 saturated carbocycles. The normalized spacial score (nSPS) is 25.2. The zero-order valence-electron chi connectivity index (χ0n) is 15.6. The number of hydrogen-bond donors (Lipinski definition) is 0. The molecule has 2 unspecified atom stereocenters. The molecule has 2 aliphatic heterocycles. The molecule has 0 amide bonds. The Kier molecular flexibility index (Phi) is 4.32. The summed E-state index contributed by atoms with van der Waals surface area (Å²) in [6.45, 7) is 1.08. The van der Waals surface area contributed by atoms with Crippen LogP contribution in [0.1, 0.15) is 18.7 Å². The number of aromatic nitrogens is 4. The lowest BCUT2D eigenvalue weighted by molar-refractivity contribution is -0.148. The first-order valence-corrected chi connectivity index (χ1v) is 9.93. The Hall–Kier alpha value is -2.62. The molecule has 4 heterocycles. The molecule has 2 atom stereocenters. The predicted molar refractivity (Wildman–Crippen MR) is 101 cm³/mol. The van der Waals surface area contributed by atoms with Gasteiger partial charge in [0.05, 0.1) is 17.3 Å². The number of piperidine rings is 1. The molecular weight excluding hydrogens is 423 g/mol. The zero-order chi connectivity index (χ0) is 21.1. The number of ether oxygens (including phenoxy) is 1. The molecule has 1 aliphatic carbocycles. The third-order valence-electron chi connectivity index (χ3n) is 6.15. The van der Waals surface area contributed by atoms with E-state index >= 15 is 0 Å². The summed E-state index contributed by atoms with van der Waals surface area (Å²) in [5.74, 6) is -0.489. The van der Waals surface area contributed by atoms with Crippen LogP contribution in [0.15, 0.2) is 30.5 Å². The molecule has 3 aliphatic rings. The van der Waals surface area contributed by atoms with Gasteiger partial charge in [-0.2, -0.15) is 22.8 Å². The van der Waals surface area contributed by atoms with Crippen molar-refractivity contribution in [1.29, 1.82) is 0 Å². The summed E-state index contributed by atoms with van der Waals surface area (Å²) in [5.41, 5.74) is 0.0719. The summed E-state index contributed by atoms with van der Waals surface area (Å²) in [5, 5.41) is 11.7. The number of anilines is 1. The molecule has 2 saturated heterocycles. The lowest BCUT2D eigenvalue weighted by Crippen LogP contribution is -2.46. The fraction of sp³-hybridized carbons (Fsp3) is 0.474. The van der Waals surface area contributed by atoms with Crippen LogP contribution in [0.3, 0.4) is 0 Å². The smallest absolute Gasteiger partial charge is 0.396 e. The first kappa shape index (κ1) is 19.3. The summed E-state index contributed by atoms with van der Waals surface area (Å²) in [6, 6.07) is 0. The van der Waals surface area contributed by atoms with E-state index in [1.807, 2.05) is 29.2 Å². The van der Waals surface area contributed by atoms with Gasteiger partial charge in [-0.15, -0.1) is 10.2 Å². The Balaban J connectivity index is 1.39. The van der Waals surface area contributed by atoms with Gasteiger partial charge in [0.2, 0.25) is 0 Å². The van der Waals surface area contributed by atoms with E-state index in [4.69, 9.17) is 16.3 Å². The first-order valence-electron chi connectivity index (χ1n) is 9.55. The number of alkyl halides is 3. The predicted octanol–water partition coefficient (Wildman–Crippen LogP) is 3.14. The number of carbonyl (C=O) groups is 1. The van der Waals surface area contributed by atoms with Crippen LogP contribution in [-0.4, -0.2) is 51.2 Å². The van der Waals surface area contributed by atoms with Gasteiger partial charge < -0.3 is 9.64 Å². The first-order chi connectivity index (χ1) is 14.3. The monoisotopic (exact) mass is 439 g/mol. The minimum atomic E-state index is -4.42. The molecule has 1 spiro atoms. The number of fused-ring (bicyclic) bond motifs is 3. The van der Waals surface area contributed by atoms with Crippen molar-refractivity contribution >= 4 is 28.9 Å². The molecule has 11 heteroatoms. The Bertz CT molecular complexity index is 1070. The molecule has 2 aromatic rings. The maximum atomic E-state index is 12.7. The number of rotatable bonds is 2. The molecule has 5 rings (SSSR count). The van der Waals surface area contributed by atoms with Crippen molar-refractivity contribution in [3.05, 3.63) is 41.3 Å². The van der Waals surface area contributed by atoms with Crippen molar-refractivity contribution in [2.45, 2.75) is 31.5 Å². The molecule has 2 fully saturated rings. The van der Waals surface area contributed by atoms with Crippen molar-refractivity contribution in [3.8, 4) is 0 Å². The maximum Gasteiger partial charge on any atom is 0.396 e. The Morgan fingerprint density at radius 1 is 1.20 bits per heavy atom. The third kappa shape index (κ3) is 2.96. The van der Waals surface area contributed by atoms with Gasteiger partial charge in [-0.1, -0.05) is 29.8 Å². The molecule has 0 radical (unpaired) electrons. The summed E-state index contributed by atoms with van der Waals surface area (Å²) < 4.78 is 44.7. The lowest BCUT2D eigenvalue weighted by Gasteiger charge is -2.40. The van der Waals surface area contributed by atoms with E-state index in [1.54, 1.807) is 0 Å². The van der Waals surface area contributed by atoms with E-state index in [0.29, 0.717) is 31.6 Å². The average Bonchev–Trinajstić information content (AvgIpc) is 3.22. The number of hydrogen-bond acceptors (Lipinski definition) is 6. The van der Waals surface area contributed by atoms with E-state index in [2.05, 4.69) is 15.3 Å². The van der Waals surface area contributed by atoms with E-state index < -0.39 is 18.0 Å². The molecule has 7 nitrogen and oxygen atoms in total. The second-order valence-corrected chi connectivity index (χ2v) is 8.17. The highest BCUT2D eigenvalue weighted by Crippen LogP contribution is 2.50. The Labute approximate surface area is 174 Å². The van der Waals surface area contributed by atoms with Gasteiger partial charge >= 0.3 is 12.1 Å². The van der Waals surface area contributed by atoms with Gasteiger partial charge in [-0.05, 0) is 18.9 Å².